The first-order chi connectivity index (χ1) is 13.7. The lowest BCUT2D eigenvalue weighted by Gasteiger charge is -2.12. The highest BCUT2D eigenvalue weighted by atomic mass is 32.2. The van der Waals surface area contributed by atoms with Gasteiger partial charge in [0.25, 0.3) is 15.9 Å². The summed E-state index contributed by atoms with van der Waals surface area (Å²) in [6.45, 7) is 4.06. The van der Waals surface area contributed by atoms with Crippen molar-refractivity contribution in [3.05, 3.63) is 94.8 Å². The molecule has 0 aliphatic carbocycles. The molecule has 0 aromatic heterocycles. The Hall–Kier alpha value is -3.19. The molecule has 2 N–H and O–H groups in total. The van der Waals surface area contributed by atoms with Crippen LogP contribution < -0.4 is 10.0 Å². The van der Waals surface area contributed by atoms with Crippen molar-refractivity contribution in [3.8, 4) is 0 Å². The SMILES string of the molecule is Cc1ccc(CNC(=O)c2cc(S(=O)(=O)Nc3ccc(F)cc3)ccc2C)cc1. The van der Waals surface area contributed by atoms with E-state index >= 15 is 0 Å². The smallest absolute Gasteiger partial charge is 0.261 e. The zero-order valence-electron chi connectivity index (χ0n) is 16.1. The third kappa shape index (κ3) is 5.20. The average Bonchev–Trinajstić information content (AvgIpc) is 2.69. The molecule has 0 heterocycles. The number of anilines is 1. The molecular weight excluding hydrogens is 391 g/mol. The number of hydrogen-bond donors (Lipinski definition) is 2. The molecule has 0 aliphatic rings. The highest BCUT2D eigenvalue weighted by molar-refractivity contribution is 7.92. The zero-order valence-corrected chi connectivity index (χ0v) is 16.9. The maximum absolute atomic E-state index is 13.0. The first-order valence-electron chi connectivity index (χ1n) is 8.97. The van der Waals surface area contributed by atoms with E-state index in [0.29, 0.717) is 12.1 Å². The van der Waals surface area contributed by atoms with Crippen LogP contribution in [0.5, 0.6) is 0 Å². The number of benzene rings is 3. The van der Waals surface area contributed by atoms with Crippen LogP contribution in [-0.2, 0) is 16.6 Å². The Kier molecular flexibility index (Phi) is 5.98. The summed E-state index contributed by atoms with van der Waals surface area (Å²) in [7, 11) is -3.92. The monoisotopic (exact) mass is 412 g/mol. The lowest BCUT2D eigenvalue weighted by atomic mass is 10.1. The van der Waals surface area contributed by atoms with E-state index in [1.807, 2.05) is 31.2 Å². The fourth-order valence-corrected chi connectivity index (χ4v) is 3.81. The van der Waals surface area contributed by atoms with Gasteiger partial charge in [-0.15, -0.1) is 0 Å². The van der Waals surface area contributed by atoms with E-state index in [0.717, 1.165) is 23.3 Å². The Morgan fingerprint density at radius 3 is 2.24 bits per heavy atom. The molecule has 0 saturated carbocycles. The number of nitrogens with one attached hydrogen (secondary N) is 2. The minimum absolute atomic E-state index is 0.0482. The van der Waals surface area contributed by atoms with Gasteiger partial charge in [0.1, 0.15) is 5.82 Å². The first-order valence-corrected chi connectivity index (χ1v) is 10.5. The van der Waals surface area contributed by atoms with E-state index in [-0.39, 0.29) is 22.1 Å². The molecule has 29 heavy (non-hydrogen) atoms. The summed E-state index contributed by atoms with van der Waals surface area (Å²) in [6.07, 6.45) is 0. The van der Waals surface area contributed by atoms with Crippen LogP contribution >= 0.6 is 0 Å². The van der Waals surface area contributed by atoms with Crippen molar-refractivity contribution in [2.75, 3.05) is 4.72 Å². The summed E-state index contributed by atoms with van der Waals surface area (Å²) in [5, 5.41) is 2.81. The molecule has 0 saturated heterocycles. The largest absolute Gasteiger partial charge is 0.348 e. The molecule has 0 radical (unpaired) electrons. The van der Waals surface area contributed by atoms with Crippen LogP contribution in [0.3, 0.4) is 0 Å². The maximum Gasteiger partial charge on any atom is 0.261 e. The van der Waals surface area contributed by atoms with Crippen molar-refractivity contribution < 1.29 is 17.6 Å². The third-order valence-electron chi connectivity index (χ3n) is 4.43. The lowest BCUT2D eigenvalue weighted by molar-refractivity contribution is 0.0950. The number of sulfonamides is 1. The second-order valence-electron chi connectivity index (χ2n) is 6.76. The number of hydrogen-bond acceptors (Lipinski definition) is 3. The molecule has 7 heteroatoms. The minimum atomic E-state index is -3.92. The molecule has 5 nitrogen and oxygen atoms in total. The van der Waals surface area contributed by atoms with Crippen LogP contribution in [0.15, 0.2) is 71.6 Å². The quantitative estimate of drug-likeness (QED) is 0.638. The van der Waals surface area contributed by atoms with Crippen LogP contribution in [-0.4, -0.2) is 14.3 Å². The van der Waals surface area contributed by atoms with E-state index in [1.54, 1.807) is 13.0 Å². The van der Waals surface area contributed by atoms with Gasteiger partial charge in [-0.1, -0.05) is 35.9 Å². The zero-order chi connectivity index (χ0) is 21.0. The molecular formula is C22H21FN2O3S. The first kappa shape index (κ1) is 20.5. The van der Waals surface area contributed by atoms with E-state index in [4.69, 9.17) is 0 Å². The number of rotatable bonds is 6. The molecule has 3 aromatic carbocycles. The maximum atomic E-state index is 13.0. The Bertz CT molecular complexity index is 1130. The molecule has 3 aromatic rings. The molecule has 0 fully saturated rings. The normalized spacial score (nSPS) is 11.1. The average molecular weight is 412 g/mol. The van der Waals surface area contributed by atoms with Crippen LogP contribution in [0, 0.1) is 19.7 Å². The summed E-state index contributed by atoms with van der Waals surface area (Å²) in [5.41, 5.74) is 3.24. The summed E-state index contributed by atoms with van der Waals surface area (Å²) in [4.78, 5) is 12.6. The summed E-state index contributed by atoms with van der Waals surface area (Å²) in [5.74, 6) is -0.822. The van der Waals surface area contributed by atoms with Crippen molar-refractivity contribution in [2.45, 2.75) is 25.3 Å². The summed E-state index contributed by atoms with van der Waals surface area (Å²) in [6, 6.07) is 17.1. The van der Waals surface area contributed by atoms with Crippen LogP contribution in [0.4, 0.5) is 10.1 Å². The fraction of sp³-hybridized carbons (Fsp3) is 0.136. The molecule has 1 amide bonds. The number of halogens is 1. The van der Waals surface area contributed by atoms with Gasteiger partial charge in [0, 0.05) is 17.8 Å². The Labute approximate surface area is 169 Å². The van der Waals surface area contributed by atoms with Gasteiger partial charge in [0.15, 0.2) is 0 Å². The predicted molar refractivity (Wildman–Crippen MR) is 111 cm³/mol. The summed E-state index contributed by atoms with van der Waals surface area (Å²) >= 11 is 0. The van der Waals surface area contributed by atoms with Gasteiger partial charge in [0.05, 0.1) is 4.90 Å². The van der Waals surface area contributed by atoms with Gasteiger partial charge in [-0.25, -0.2) is 12.8 Å². The Morgan fingerprint density at radius 1 is 0.931 bits per heavy atom. The summed E-state index contributed by atoms with van der Waals surface area (Å²) < 4.78 is 40.7. The molecule has 3 rings (SSSR count). The fourth-order valence-electron chi connectivity index (χ4n) is 2.73. The van der Waals surface area contributed by atoms with Crippen LogP contribution in [0.1, 0.15) is 27.0 Å². The minimum Gasteiger partial charge on any atom is -0.348 e. The predicted octanol–water partition coefficient (Wildman–Crippen LogP) is 4.17. The van der Waals surface area contributed by atoms with Crippen molar-refractivity contribution in [1.29, 1.82) is 0 Å². The third-order valence-corrected chi connectivity index (χ3v) is 5.81. The van der Waals surface area contributed by atoms with Crippen LogP contribution in [0.25, 0.3) is 0 Å². The van der Waals surface area contributed by atoms with Crippen molar-refractivity contribution in [2.24, 2.45) is 0 Å². The Morgan fingerprint density at radius 2 is 1.59 bits per heavy atom. The van der Waals surface area contributed by atoms with Gasteiger partial charge in [-0.3, -0.25) is 9.52 Å². The van der Waals surface area contributed by atoms with Crippen molar-refractivity contribution in [3.63, 3.8) is 0 Å². The number of carbonyl (C=O) groups is 1. The lowest BCUT2D eigenvalue weighted by Crippen LogP contribution is -2.24. The standard InChI is InChI=1S/C22H21FN2O3S/c1-15-3-6-17(7-4-15)14-24-22(26)21-13-20(12-5-16(21)2)29(27,28)25-19-10-8-18(23)9-11-19/h3-13,25H,14H2,1-2H3,(H,24,26). The highest BCUT2D eigenvalue weighted by Crippen LogP contribution is 2.20. The second kappa shape index (κ2) is 8.45. The number of amides is 1. The second-order valence-corrected chi connectivity index (χ2v) is 8.44. The van der Waals surface area contributed by atoms with Crippen molar-refractivity contribution >= 4 is 21.6 Å². The highest BCUT2D eigenvalue weighted by Gasteiger charge is 2.18. The van der Waals surface area contributed by atoms with E-state index in [9.17, 15) is 17.6 Å². The number of carbonyl (C=O) groups excluding carboxylic acids is 1. The van der Waals surface area contributed by atoms with Gasteiger partial charge < -0.3 is 5.32 Å². The van der Waals surface area contributed by atoms with Gasteiger partial charge in [-0.2, -0.15) is 0 Å². The van der Waals surface area contributed by atoms with E-state index in [2.05, 4.69) is 10.0 Å². The molecule has 0 bridgehead atoms. The topological polar surface area (TPSA) is 75.3 Å². The van der Waals surface area contributed by atoms with E-state index in [1.165, 1.54) is 24.3 Å². The Balaban J connectivity index is 1.78. The van der Waals surface area contributed by atoms with E-state index < -0.39 is 15.8 Å². The number of aryl methyl sites for hydroxylation is 2. The van der Waals surface area contributed by atoms with Crippen LogP contribution in [0.2, 0.25) is 0 Å². The van der Waals surface area contributed by atoms with Gasteiger partial charge >= 0.3 is 0 Å². The van der Waals surface area contributed by atoms with Gasteiger partial charge in [-0.05, 0) is 61.4 Å². The molecule has 0 spiro atoms. The molecule has 0 unspecified atom stereocenters. The van der Waals surface area contributed by atoms with Crippen molar-refractivity contribution in [1.82, 2.24) is 5.32 Å². The van der Waals surface area contributed by atoms with Gasteiger partial charge in [0.2, 0.25) is 0 Å². The molecule has 0 aliphatic heterocycles. The molecule has 0 atom stereocenters. The molecule has 150 valence electrons.